The number of carbonyl (C=O) groups is 1. The average molecular weight is 344 g/mol. The third kappa shape index (κ3) is 3.06. The van der Waals surface area contributed by atoms with E-state index in [2.05, 4.69) is 10.3 Å². The first-order valence-electron chi connectivity index (χ1n) is 6.91. The minimum Gasteiger partial charge on any atom is -0.383 e. The highest BCUT2D eigenvalue weighted by atomic mass is 35.5. The highest BCUT2D eigenvalue weighted by molar-refractivity contribution is 7.18. The SMILES string of the molecule is CNC(=O)/C=C/c1cnc(N)c2c(-c3ccc(Cl)cc3)csc12. The molecular weight excluding hydrogens is 330 g/mol. The smallest absolute Gasteiger partial charge is 0.243 e. The van der Waals surface area contributed by atoms with Gasteiger partial charge in [-0.2, -0.15) is 0 Å². The number of pyridine rings is 1. The van der Waals surface area contributed by atoms with Crippen LogP contribution in [0, 0.1) is 0 Å². The van der Waals surface area contributed by atoms with Gasteiger partial charge in [-0.3, -0.25) is 4.79 Å². The number of rotatable bonds is 3. The zero-order valence-corrected chi connectivity index (χ0v) is 13.9. The van der Waals surface area contributed by atoms with Crippen LogP contribution in [-0.2, 0) is 4.79 Å². The highest BCUT2D eigenvalue weighted by Gasteiger charge is 2.13. The summed E-state index contributed by atoms with van der Waals surface area (Å²) >= 11 is 7.53. The molecule has 0 bridgehead atoms. The van der Waals surface area contributed by atoms with Crippen molar-refractivity contribution >= 4 is 50.8 Å². The quantitative estimate of drug-likeness (QED) is 0.707. The highest BCUT2D eigenvalue weighted by Crippen LogP contribution is 2.39. The molecule has 0 aliphatic rings. The topological polar surface area (TPSA) is 68.0 Å². The molecule has 23 heavy (non-hydrogen) atoms. The van der Waals surface area contributed by atoms with Crippen LogP contribution in [0.5, 0.6) is 0 Å². The number of amides is 1. The summed E-state index contributed by atoms with van der Waals surface area (Å²) in [6, 6.07) is 7.60. The molecule has 2 heterocycles. The summed E-state index contributed by atoms with van der Waals surface area (Å²) in [5.74, 6) is 0.313. The second-order valence-corrected chi connectivity index (χ2v) is 6.22. The molecule has 0 fully saturated rings. The van der Waals surface area contributed by atoms with Gasteiger partial charge in [-0.25, -0.2) is 4.98 Å². The minimum absolute atomic E-state index is 0.163. The fourth-order valence-corrected chi connectivity index (χ4v) is 3.50. The first-order valence-corrected chi connectivity index (χ1v) is 8.17. The Morgan fingerprint density at radius 1 is 1.35 bits per heavy atom. The van der Waals surface area contributed by atoms with Crippen molar-refractivity contribution in [2.75, 3.05) is 12.8 Å². The normalized spacial score (nSPS) is 11.2. The van der Waals surface area contributed by atoms with E-state index in [0.717, 1.165) is 26.8 Å². The number of benzene rings is 1. The van der Waals surface area contributed by atoms with Crippen molar-refractivity contribution < 1.29 is 4.79 Å². The van der Waals surface area contributed by atoms with Crippen molar-refractivity contribution in [3.8, 4) is 11.1 Å². The predicted molar refractivity (Wildman–Crippen MR) is 97.6 cm³/mol. The molecular formula is C17H14ClN3OS. The van der Waals surface area contributed by atoms with E-state index in [-0.39, 0.29) is 5.91 Å². The van der Waals surface area contributed by atoms with Gasteiger partial charge in [-0.05, 0) is 29.2 Å². The summed E-state index contributed by atoms with van der Waals surface area (Å²) in [5, 5.41) is 6.18. The molecule has 1 aromatic carbocycles. The van der Waals surface area contributed by atoms with Crippen LogP contribution in [0.2, 0.25) is 5.02 Å². The lowest BCUT2D eigenvalue weighted by Gasteiger charge is -2.04. The summed E-state index contributed by atoms with van der Waals surface area (Å²) in [5.41, 5.74) is 8.99. The van der Waals surface area contributed by atoms with Crippen LogP contribution in [0.25, 0.3) is 27.3 Å². The number of hydrogen-bond donors (Lipinski definition) is 2. The van der Waals surface area contributed by atoms with Gasteiger partial charge in [0.15, 0.2) is 0 Å². The molecule has 0 atom stereocenters. The van der Waals surface area contributed by atoms with Gasteiger partial charge >= 0.3 is 0 Å². The molecule has 0 saturated heterocycles. The molecule has 6 heteroatoms. The second-order valence-electron chi connectivity index (χ2n) is 4.91. The maximum Gasteiger partial charge on any atom is 0.243 e. The van der Waals surface area contributed by atoms with Crippen LogP contribution in [0.15, 0.2) is 41.9 Å². The number of fused-ring (bicyclic) bond motifs is 1. The van der Waals surface area contributed by atoms with Gasteiger partial charge in [0, 0.05) is 45.6 Å². The fourth-order valence-electron chi connectivity index (χ4n) is 2.30. The Bertz CT molecular complexity index is 900. The molecule has 1 amide bonds. The van der Waals surface area contributed by atoms with Crippen molar-refractivity contribution in [3.05, 3.63) is 52.5 Å². The van der Waals surface area contributed by atoms with Crippen LogP contribution in [0.3, 0.4) is 0 Å². The number of nitrogen functional groups attached to an aromatic ring is 1. The molecule has 0 spiro atoms. The molecule has 3 rings (SSSR count). The number of hydrogen-bond acceptors (Lipinski definition) is 4. The zero-order chi connectivity index (χ0) is 16.4. The molecule has 0 unspecified atom stereocenters. The van der Waals surface area contributed by atoms with Gasteiger partial charge < -0.3 is 11.1 Å². The number of thiophene rings is 1. The monoisotopic (exact) mass is 343 g/mol. The van der Waals surface area contributed by atoms with Crippen molar-refractivity contribution in [2.24, 2.45) is 0 Å². The fraction of sp³-hybridized carbons (Fsp3) is 0.0588. The first kappa shape index (κ1) is 15.5. The molecule has 2 aromatic heterocycles. The number of nitrogens with zero attached hydrogens (tertiary/aromatic N) is 1. The van der Waals surface area contributed by atoms with Crippen LogP contribution >= 0.6 is 22.9 Å². The van der Waals surface area contributed by atoms with Crippen LogP contribution in [-0.4, -0.2) is 17.9 Å². The largest absolute Gasteiger partial charge is 0.383 e. The third-order valence-electron chi connectivity index (χ3n) is 3.47. The lowest BCUT2D eigenvalue weighted by Crippen LogP contribution is -2.13. The zero-order valence-electron chi connectivity index (χ0n) is 12.3. The number of halogens is 1. The average Bonchev–Trinajstić information content (AvgIpc) is 3.00. The maximum absolute atomic E-state index is 11.4. The summed E-state index contributed by atoms with van der Waals surface area (Å²) in [6.07, 6.45) is 4.91. The molecule has 3 N–H and O–H groups in total. The van der Waals surface area contributed by atoms with Gasteiger partial charge in [0.1, 0.15) is 5.82 Å². The summed E-state index contributed by atoms with van der Waals surface area (Å²) in [7, 11) is 1.59. The molecule has 3 aromatic rings. The van der Waals surface area contributed by atoms with Crippen molar-refractivity contribution in [2.45, 2.75) is 0 Å². The van der Waals surface area contributed by atoms with E-state index in [1.165, 1.54) is 6.08 Å². The Morgan fingerprint density at radius 3 is 2.78 bits per heavy atom. The van der Waals surface area contributed by atoms with Gasteiger partial charge in [0.05, 0.1) is 0 Å². The van der Waals surface area contributed by atoms with Crippen molar-refractivity contribution in [1.29, 1.82) is 0 Å². The van der Waals surface area contributed by atoms with E-state index >= 15 is 0 Å². The number of nitrogens with two attached hydrogens (primary N) is 1. The molecule has 0 saturated carbocycles. The first-order chi connectivity index (χ1) is 11.1. The number of carbonyl (C=O) groups excluding carboxylic acids is 1. The lowest BCUT2D eigenvalue weighted by molar-refractivity contribution is -0.115. The Labute approximate surface area is 142 Å². The van der Waals surface area contributed by atoms with E-state index < -0.39 is 0 Å². The van der Waals surface area contributed by atoms with E-state index in [9.17, 15) is 4.79 Å². The van der Waals surface area contributed by atoms with Crippen LogP contribution in [0.4, 0.5) is 5.82 Å². The molecule has 0 radical (unpaired) electrons. The van der Waals surface area contributed by atoms with Gasteiger partial charge in [0.25, 0.3) is 0 Å². The minimum atomic E-state index is -0.163. The number of likely N-dealkylation sites (N-methyl/N-ethyl adjacent to an activating group) is 1. The Balaban J connectivity index is 2.14. The number of nitrogens with one attached hydrogen (secondary N) is 1. The maximum atomic E-state index is 11.4. The Hall–Kier alpha value is -2.37. The molecule has 0 aliphatic carbocycles. The third-order valence-corrected chi connectivity index (χ3v) is 4.75. The van der Waals surface area contributed by atoms with E-state index in [1.807, 2.05) is 29.6 Å². The second kappa shape index (κ2) is 6.40. The Morgan fingerprint density at radius 2 is 2.09 bits per heavy atom. The van der Waals surface area contributed by atoms with Gasteiger partial charge in [0.2, 0.25) is 5.91 Å². The Kier molecular flexibility index (Phi) is 4.32. The predicted octanol–water partition coefficient (Wildman–Crippen LogP) is 3.96. The van der Waals surface area contributed by atoms with E-state index in [4.69, 9.17) is 17.3 Å². The van der Waals surface area contributed by atoms with Crippen LogP contribution in [0.1, 0.15) is 5.56 Å². The summed E-state index contributed by atoms with van der Waals surface area (Å²) in [6.45, 7) is 0. The molecule has 0 aliphatic heterocycles. The summed E-state index contributed by atoms with van der Waals surface area (Å²) < 4.78 is 1.00. The number of anilines is 1. The lowest BCUT2D eigenvalue weighted by atomic mass is 10.0. The van der Waals surface area contributed by atoms with Gasteiger partial charge in [-0.1, -0.05) is 23.7 Å². The summed E-state index contributed by atoms with van der Waals surface area (Å²) in [4.78, 5) is 15.7. The van der Waals surface area contributed by atoms with E-state index in [1.54, 1.807) is 30.7 Å². The van der Waals surface area contributed by atoms with E-state index in [0.29, 0.717) is 10.8 Å². The van der Waals surface area contributed by atoms with Crippen molar-refractivity contribution in [1.82, 2.24) is 10.3 Å². The molecule has 4 nitrogen and oxygen atoms in total. The standard InChI is InChI=1S/C17H14ClN3OS/c1-20-14(22)7-4-11-8-21-17(19)15-13(9-23-16(11)15)10-2-5-12(18)6-3-10/h2-9H,1H3,(H2,19,21)(H,20,22)/b7-4+. The van der Waals surface area contributed by atoms with Crippen LogP contribution < -0.4 is 11.1 Å². The van der Waals surface area contributed by atoms with Crippen molar-refractivity contribution in [3.63, 3.8) is 0 Å². The molecule has 116 valence electrons. The van der Waals surface area contributed by atoms with Gasteiger partial charge in [-0.15, -0.1) is 11.3 Å². The number of aromatic nitrogens is 1.